The molecule has 1 aliphatic heterocycles. The summed E-state index contributed by atoms with van der Waals surface area (Å²) in [5.74, 6) is 0.0325. The molecule has 0 radical (unpaired) electrons. The van der Waals surface area contributed by atoms with Crippen LogP contribution < -0.4 is 0 Å². The summed E-state index contributed by atoms with van der Waals surface area (Å²) >= 11 is 0. The standard InChI is InChI=1S/C12H14N2O/c1-9-10(2)13-14(12(9)15)8-11-6-4-3-5-7-11/h3-7,9H,8H2,1-2H3. The molecule has 78 valence electrons. The molecule has 0 N–H and O–H groups in total. The molecule has 2 rings (SSSR count). The Bertz CT molecular complexity index is 397. The van der Waals surface area contributed by atoms with E-state index in [9.17, 15) is 4.79 Å². The van der Waals surface area contributed by atoms with Crippen LogP contribution in [-0.2, 0) is 11.3 Å². The Morgan fingerprint density at radius 2 is 2.00 bits per heavy atom. The van der Waals surface area contributed by atoms with Crippen molar-refractivity contribution in [3.05, 3.63) is 35.9 Å². The Morgan fingerprint density at radius 1 is 1.33 bits per heavy atom. The van der Waals surface area contributed by atoms with Crippen molar-refractivity contribution < 1.29 is 4.79 Å². The third-order valence-electron chi connectivity index (χ3n) is 2.71. The normalized spacial score (nSPS) is 20.7. The summed E-state index contributed by atoms with van der Waals surface area (Å²) in [6, 6.07) is 9.90. The predicted molar refractivity (Wildman–Crippen MR) is 59.3 cm³/mol. The lowest BCUT2D eigenvalue weighted by atomic mass is 10.1. The largest absolute Gasteiger partial charge is 0.272 e. The molecular formula is C12H14N2O. The lowest BCUT2D eigenvalue weighted by Gasteiger charge is -2.12. The van der Waals surface area contributed by atoms with Crippen molar-refractivity contribution in [3.8, 4) is 0 Å². The molecule has 1 amide bonds. The Hall–Kier alpha value is -1.64. The van der Waals surface area contributed by atoms with Crippen molar-refractivity contribution >= 4 is 11.6 Å². The predicted octanol–water partition coefficient (Wildman–Crippen LogP) is 2.04. The average Bonchev–Trinajstić information content (AvgIpc) is 2.48. The quantitative estimate of drug-likeness (QED) is 0.722. The first-order valence-electron chi connectivity index (χ1n) is 5.09. The smallest absolute Gasteiger partial charge is 0.251 e. The number of hydrazone groups is 1. The molecule has 0 aliphatic carbocycles. The van der Waals surface area contributed by atoms with Gasteiger partial charge < -0.3 is 0 Å². The van der Waals surface area contributed by atoms with Crippen LogP contribution in [0, 0.1) is 5.92 Å². The molecule has 1 aromatic carbocycles. The molecule has 15 heavy (non-hydrogen) atoms. The van der Waals surface area contributed by atoms with Gasteiger partial charge in [0.1, 0.15) is 0 Å². The van der Waals surface area contributed by atoms with Crippen molar-refractivity contribution in [2.24, 2.45) is 11.0 Å². The van der Waals surface area contributed by atoms with Crippen LogP contribution in [-0.4, -0.2) is 16.6 Å². The van der Waals surface area contributed by atoms with E-state index in [-0.39, 0.29) is 11.8 Å². The summed E-state index contributed by atoms with van der Waals surface area (Å²) < 4.78 is 0. The number of hydrogen-bond donors (Lipinski definition) is 0. The first-order valence-corrected chi connectivity index (χ1v) is 5.09. The maximum atomic E-state index is 11.7. The van der Waals surface area contributed by atoms with Gasteiger partial charge in [-0.25, -0.2) is 5.01 Å². The van der Waals surface area contributed by atoms with Crippen LogP contribution in [0.3, 0.4) is 0 Å². The van der Waals surface area contributed by atoms with Gasteiger partial charge in [0.05, 0.1) is 12.5 Å². The second-order valence-corrected chi connectivity index (χ2v) is 3.84. The number of benzene rings is 1. The molecule has 0 saturated heterocycles. The molecule has 3 nitrogen and oxygen atoms in total. The van der Waals surface area contributed by atoms with Crippen molar-refractivity contribution in [1.29, 1.82) is 0 Å². The van der Waals surface area contributed by atoms with Crippen molar-refractivity contribution in [1.82, 2.24) is 5.01 Å². The van der Waals surface area contributed by atoms with E-state index in [1.54, 1.807) is 5.01 Å². The van der Waals surface area contributed by atoms with Crippen LogP contribution in [0.4, 0.5) is 0 Å². The molecule has 1 heterocycles. The van der Waals surface area contributed by atoms with Gasteiger partial charge in [0.25, 0.3) is 5.91 Å². The first kappa shape index (κ1) is 9.90. The van der Waals surface area contributed by atoms with Crippen LogP contribution in [0.2, 0.25) is 0 Å². The SMILES string of the molecule is CC1=NN(Cc2ccccc2)C(=O)C1C. The zero-order valence-electron chi connectivity index (χ0n) is 8.97. The molecule has 0 bridgehead atoms. The van der Waals surface area contributed by atoms with E-state index in [0.29, 0.717) is 6.54 Å². The summed E-state index contributed by atoms with van der Waals surface area (Å²) in [5, 5.41) is 5.80. The Balaban J connectivity index is 2.12. The highest BCUT2D eigenvalue weighted by atomic mass is 16.2. The minimum absolute atomic E-state index is 0.0614. The van der Waals surface area contributed by atoms with Gasteiger partial charge >= 0.3 is 0 Å². The molecule has 3 heteroatoms. The minimum Gasteiger partial charge on any atom is -0.272 e. The van der Waals surface area contributed by atoms with Crippen molar-refractivity contribution in [2.45, 2.75) is 20.4 Å². The number of rotatable bonds is 2. The third-order valence-corrected chi connectivity index (χ3v) is 2.71. The number of nitrogens with zero attached hydrogens (tertiary/aromatic N) is 2. The topological polar surface area (TPSA) is 32.7 Å². The number of carbonyl (C=O) groups excluding carboxylic acids is 1. The fourth-order valence-electron chi connectivity index (χ4n) is 1.60. The summed E-state index contributed by atoms with van der Waals surface area (Å²) in [6.07, 6.45) is 0. The maximum Gasteiger partial charge on any atom is 0.251 e. The lowest BCUT2D eigenvalue weighted by molar-refractivity contribution is -0.131. The second kappa shape index (κ2) is 3.85. The highest BCUT2D eigenvalue weighted by molar-refractivity contribution is 6.06. The molecule has 0 aromatic heterocycles. The van der Waals surface area contributed by atoms with Gasteiger partial charge in [-0.3, -0.25) is 4.79 Å². The van der Waals surface area contributed by atoms with Gasteiger partial charge in [-0.15, -0.1) is 0 Å². The molecular weight excluding hydrogens is 188 g/mol. The summed E-state index contributed by atoms with van der Waals surface area (Å²) in [6.45, 7) is 4.36. The highest BCUT2D eigenvalue weighted by Gasteiger charge is 2.29. The Labute approximate surface area is 89.4 Å². The minimum atomic E-state index is -0.0614. The van der Waals surface area contributed by atoms with E-state index in [0.717, 1.165) is 11.3 Å². The molecule has 1 unspecified atom stereocenters. The van der Waals surface area contributed by atoms with Gasteiger partial charge in [0, 0.05) is 5.71 Å². The van der Waals surface area contributed by atoms with Crippen LogP contribution in [0.1, 0.15) is 19.4 Å². The van der Waals surface area contributed by atoms with Gasteiger partial charge in [-0.05, 0) is 19.4 Å². The van der Waals surface area contributed by atoms with E-state index in [1.165, 1.54) is 0 Å². The molecule has 0 spiro atoms. The number of hydrogen-bond acceptors (Lipinski definition) is 2. The second-order valence-electron chi connectivity index (χ2n) is 3.84. The Kier molecular flexibility index (Phi) is 2.54. The fraction of sp³-hybridized carbons (Fsp3) is 0.333. The zero-order valence-corrected chi connectivity index (χ0v) is 8.97. The fourth-order valence-corrected chi connectivity index (χ4v) is 1.60. The monoisotopic (exact) mass is 202 g/mol. The molecule has 0 saturated carbocycles. The molecule has 1 atom stereocenters. The molecule has 1 aliphatic rings. The van der Waals surface area contributed by atoms with E-state index in [4.69, 9.17) is 0 Å². The van der Waals surface area contributed by atoms with Crippen molar-refractivity contribution in [3.63, 3.8) is 0 Å². The molecule has 1 aromatic rings. The van der Waals surface area contributed by atoms with Gasteiger partial charge in [0.15, 0.2) is 0 Å². The zero-order chi connectivity index (χ0) is 10.8. The lowest BCUT2D eigenvalue weighted by Crippen LogP contribution is -2.25. The van der Waals surface area contributed by atoms with Crippen LogP contribution in [0.25, 0.3) is 0 Å². The van der Waals surface area contributed by atoms with Crippen LogP contribution in [0.5, 0.6) is 0 Å². The number of amides is 1. The van der Waals surface area contributed by atoms with E-state index >= 15 is 0 Å². The summed E-state index contributed by atoms with van der Waals surface area (Å²) in [5.41, 5.74) is 2.01. The van der Waals surface area contributed by atoms with Crippen LogP contribution >= 0.6 is 0 Å². The van der Waals surface area contributed by atoms with E-state index in [2.05, 4.69) is 5.10 Å². The van der Waals surface area contributed by atoms with Gasteiger partial charge in [-0.2, -0.15) is 5.10 Å². The third kappa shape index (κ3) is 1.91. The first-order chi connectivity index (χ1) is 7.18. The number of carbonyl (C=O) groups is 1. The molecule has 0 fully saturated rings. The maximum absolute atomic E-state index is 11.7. The van der Waals surface area contributed by atoms with Gasteiger partial charge in [-0.1, -0.05) is 30.3 Å². The van der Waals surface area contributed by atoms with E-state index < -0.39 is 0 Å². The van der Waals surface area contributed by atoms with E-state index in [1.807, 2.05) is 44.2 Å². The van der Waals surface area contributed by atoms with Crippen molar-refractivity contribution in [2.75, 3.05) is 0 Å². The summed E-state index contributed by atoms with van der Waals surface area (Å²) in [4.78, 5) is 11.7. The highest BCUT2D eigenvalue weighted by Crippen LogP contribution is 2.17. The van der Waals surface area contributed by atoms with Crippen LogP contribution in [0.15, 0.2) is 35.4 Å². The average molecular weight is 202 g/mol. The summed E-state index contributed by atoms with van der Waals surface area (Å²) in [7, 11) is 0. The Morgan fingerprint density at radius 3 is 2.53 bits per heavy atom. The van der Waals surface area contributed by atoms with Gasteiger partial charge in [0.2, 0.25) is 0 Å².